The lowest BCUT2D eigenvalue weighted by Crippen LogP contribution is -2.39. The van der Waals surface area contributed by atoms with Crippen molar-refractivity contribution < 1.29 is 14.3 Å². The summed E-state index contributed by atoms with van der Waals surface area (Å²) in [7, 11) is 0. The molecule has 4 nitrogen and oxygen atoms in total. The van der Waals surface area contributed by atoms with Crippen LogP contribution in [0.15, 0.2) is 66.7 Å². The lowest BCUT2D eigenvalue weighted by Gasteiger charge is -2.18. The standard InChI is InChI=1S/C23H25NO3/c1-3-22(27-21-12-11-18-8-4-5-9-19(18)16-21)23(25)24-13-14-26-20-10-6-7-17(2)15-20/h4-12,15-16,22H,3,13-14H2,1-2H3,(H,24,25)/t22-/m1/s1. The SMILES string of the molecule is CC[C@@H](Oc1ccc2ccccc2c1)C(=O)NCCOc1cccc(C)c1. The average Bonchev–Trinajstić information content (AvgIpc) is 2.69. The van der Waals surface area contributed by atoms with Crippen molar-refractivity contribution in [3.8, 4) is 11.5 Å². The molecule has 0 unspecified atom stereocenters. The highest BCUT2D eigenvalue weighted by molar-refractivity contribution is 5.84. The minimum absolute atomic E-state index is 0.126. The van der Waals surface area contributed by atoms with Crippen LogP contribution in [0.3, 0.4) is 0 Å². The zero-order valence-electron chi connectivity index (χ0n) is 15.8. The summed E-state index contributed by atoms with van der Waals surface area (Å²) in [5.41, 5.74) is 1.14. The van der Waals surface area contributed by atoms with Gasteiger partial charge in [-0.3, -0.25) is 4.79 Å². The van der Waals surface area contributed by atoms with Crippen molar-refractivity contribution in [2.75, 3.05) is 13.2 Å². The number of amides is 1. The number of fused-ring (bicyclic) bond motifs is 1. The maximum absolute atomic E-state index is 12.4. The molecule has 0 fully saturated rings. The van der Waals surface area contributed by atoms with Gasteiger partial charge in [0.05, 0.1) is 6.54 Å². The van der Waals surface area contributed by atoms with Crippen LogP contribution in [0.25, 0.3) is 10.8 Å². The number of benzene rings is 3. The van der Waals surface area contributed by atoms with Crippen molar-refractivity contribution in [2.45, 2.75) is 26.4 Å². The Bertz CT molecular complexity index is 907. The second kappa shape index (κ2) is 9.08. The van der Waals surface area contributed by atoms with E-state index >= 15 is 0 Å². The van der Waals surface area contributed by atoms with Gasteiger partial charge in [-0.25, -0.2) is 0 Å². The van der Waals surface area contributed by atoms with Gasteiger partial charge in [0.15, 0.2) is 6.10 Å². The minimum atomic E-state index is -0.523. The first-order valence-corrected chi connectivity index (χ1v) is 9.28. The zero-order valence-corrected chi connectivity index (χ0v) is 15.8. The number of rotatable bonds is 8. The summed E-state index contributed by atoms with van der Waals surface area (Å²) in [6.07, 6.45) is 0.0716. The fraction of sp³-hybridized carbons (Fsp3) is 0.261. The van der Waals surface area contributed by atoms with Crippen LogP contribution < -0.4 is 14.8 Å². The van der Waals surface area contributed by atoms with Gasteiger partial charge in [-0.1, -0.05) is 49.4 Å². The molecule has 0 aliphatic rings. The van der Waals surface area contributed by atoms with Crippen LogP contribution in [-0.2, 0) is 4.79 Å². The van der Waals surface area contributed by atoms with E-state index in [9.17, 15) is 4.79 Å². The Morgan fingerprint density at radius 1 is 0.963 bits per heavy atom. The number of carbonyl (C=O) groups is 1. The Balaban J connectivity index is 1.50. The quantitative estimate of drug-likeness (QED) is 0.600. The highest BCUT2D eigenvalue weighted by Crippen LogP contribution is 2.22. The van der Waals surface area contributed by atoms with E-state index in [1.807, 2.05) is 74.5 Å². The smallest absolute Gasteiger partial charge is 0.261 e. The van der Waals surface area contributed by atoms with Crippen molar-refractivity contribution >= 4 is 16.7 Å². The first kappa shape index (κ1) is 18.8. The Kier molecular flexibility index (Phi) is 6.31. The van der Waals surface area contributed by atoms with Crippen molar-refractivity contribution in [1.29, 1.82) is 0 Å². The third-order valence-electron chi connectivity index (χ3n) is 4.32. The zero-order chi connectivity index (χ0) is 19.1. The molecule has 0 aliphatic heterocycles. The van der Waals surface area contributed by atoms with Crippen LogP contribution in [0.5, 0.6) is 11.5 Å². The molecule has 1 N–H and O–H groups in total. The molecule has 0 saturated heterocycles. The van der Waals surface area contributed by atoms with Crippen molar-refractivity contribution in [1.82, 2.24) is 5.32 Å². The first-order chi connectivity index (χ1) is 13.2. The maximum Gasteiger partial charge on any atom is 0.261 e. The molecule has 0 aliphatic carbocycles. The molecule has 0 heterocycles. The predicted octanol–water partition coefficient (Wildman–Crippen LogP) is 4.50. The van der Waals surface area contributed by atoms with Gasteiger partial charge in [0.2, 0.25) is 0 Å². The van der Waals surface area contributed by atoms with Crippen LogP contribution >= 0.6 is 0 Å². The molecule has 140 valence electrons. The minimum Gasteiger partial charge on any atom is -0.492 e. The Morgan fingerprint density at radius 3 is 2.56 bits per heavy atom. The van der Waals surface area contributed by atoms with E-state index in [-0.39, 0.29) is 5.91 Å². The first-order valence-electron chi connectivity index (χ1n) is 9.28. The third kappa shape index (κ3) is 5.23. The second-order valence-corrected chi connectivity index (χ2v) is 6.48. The number of aryl methyl sites for hydroxylation is 1. The van der Waals surface area contributed by atoms with E-state index in [2.05, 4.69) is 11.4 Å². The van der Waals surface area contributed by atoms with Crippen LogP contribution in [0.1, 0.15) is 18.9 Å². The predicted molar refractivity (Wildman–Crippen MR) is 108 cm³/mol. The second-order valence-electron chi connectivity index (χ2n) is 6.48. The van der Waals surface area contributed by atoms with Crippen LogP contribution in [-0.4, -0.2) is 25.2 Å². The van der Waals surface area contributed by atoms with E-state index < -0.39 is 6.10 Å². The molecule has 0 spiro atoms. The fourth-order valence-corrected chi connectivity index (χ4v) is 2.89. The molecule has 3 rings (SSSR count). The molecular weight excluding hydrogens is 338 g/mol. The molecule has 0 aromatic heterocycles. The lowest BCUT2D eigenvalue weighted by atomic mass is 10.1. The summed E-state index contributed by atoms with van der Waals surface area (Å²) >= 11 is 0. The topological polar surface area (TPSA) is 47.6 Å². The molecule has 3 aromatic rings. The van der Waals surface area contributed by atoms with Gasteiger partial charge in [-0.05, 0) is 53.9 Å². The Morgan fingerprint density at radius 2 is 1.78 bits per heavy atom. The molecule has 0 saturated carbocycles. The van der Waals surface area contributed by atoms with E-state index in [0.717, 1.165) is 22.1 Å². The molecule has 1 atom stereocenters. The van der Waals surface area contributed by atoms with Crippen molar-refractivity contribution in [3.63, 3.8) is 0 Å². The van der Waals surface area contributed by atoms with Gasteiger partial charge in [0.25, 0.3) is 5.91 Å². The average molecular weight is 363 g/mol. The van der Waals surface area contributed by atoms with Gasteiger partial charge >= 0.3 is 0 Å². The number of carbonyl (C=O) groups excluding carboxylic acids is 1. The van der Waals surface area contributed by atoms with Gasteiger partial charge in [-0.15, -0.1) is 0 Å². The molecule has 3 aromatic carbocycles. The van der Waals surface area contributed by atoms with Crippen LogP contribution in [0.2, 0.25) is 0 Å². The summed E-state index contributed by atoms with van der Waals surface area (Å²) < 4.78 is 11.6. The van der Waals surface area contributed by atoms with Crippen molar-refractivity contribution in [2.24, 2.45) is 0 Å². The van der Waals surface area contributed by atoms with E-state index in [1.54, 1.807) is 0 Å². The van der Waals surface area contributed by atoms with E-state index in [1.165, 1.54) is 0 Å². The lowest BCUT2D eigenvalue weighted by molar-refractivity contribution is -0.128. The van der Waals surface area contributed by atoms with Gasteiger partial charge in [-0.2, -0.15) is 0 Å². The van der Waals surface area contributed by atoms with Gasteiger partial charge in [0.1, 0.15) is 18.1 Å². The van der Waals surface area contributed by atoms with Crippen molar-refractivity contribution in [3.05, 3.63) is 72.3 Å². The molecule has 1 amide bonds. The van der Waals surface area contributed by atoms with Crippen LogP contribution in [0.4, 0.5) is 0 Å². The largest absolute Gasteiger partial charge is 0.492 e. The van der Waals surface area contributed by atoms with E-state index in [4.69, 9.17) is 9.47 Å². The maximum atomic E-state index is 12.4. The summed E-state index contributed by atoms with van der Waals surface area (Å²) in [6, 6.07) is 21.8. The molecule has 0 radical (unpaired) electrons. The van der Waals surface area contributed by atoms with Gasteiger partial charge in [0, 0.05) is 0 Å². The highest BCUT2D eigenvalue weighted by atomic mass is 16.5. The Hall–Kier alpha value is -3.01. The number of hydrogen-bond acceptors (Lipinski definition) is 3. The van der Waals surface area contributed by atoms with Crippen LogP contribution in [0, 0.1) is 6.92 Å². The monoisotopic (exact) mass is 363 g/mol. The highest BCUT2D eigenvalue weighted by Gasteiger charge is 2.18. The summed E-state index contributed by atoms with van der Waals surface area (Å²) in [4.78, 5) is 12.4. The number of nitrogens with one attached hydrogen (secondary N) is 1. The summed E-state index contributed by atoms with van der Waals surface area (Å²) in [5.74, 6) is 1.38. The number of hydrogen-bond donors (Lipinski definition) is 1. The fourth-order valence-electron chi connectivity index (χ4n) is 2.89. The molecule has 0 bridgehead atoms. The third-order valence-corrected chi connectivity index (χ3v) is 4.32. The normalized spacial score (nSPS) is 11.8. The number of ether oxygens (including phenoxy) is 2. The molecular formula is C23H25NO3. The molecule has 4 heteroatoms. The summed E-state index contributed by atoms with van der Waals surface area (Å²) in [6.45, 7) is 4.81. The summed E-state index contributed by atoms with van der Waals surface area (Å²) in [5, 5.41) is 5.13. The van der Waals surface area contributed by atoms with E-state index in [0.29, 0.717) is 25.3 Å². The molecule has 27 heavy (non-hydrogen) atoms. The van der Waals surface area contributed by atoms with Gasteiger partial charge < -0.3 is 14.8 Å². The Labute approximate surface area is 160 Å².